The molecule has 1 aromatic carbocycles. The molecular formula is C16H21N3O. The van der Waals surface area contributed by atoms with Gasteiger partial charge in [-0.3, -0.25) is 0 Å². The summed E-state index contributed by atoms with van der Waals surface area (Å²) in [6, 6.07) is 8.23. The van der Waals surface area contributed by atoms with Crippen LogP contribution in [-0.2, 0) is 0 Å². The van der Waals surface area contributed by atoms with Crippen LogP contribution >= 0.6 is 0 Å². The second-order valence-electron chi connectivity index (χ2n) is 5.39. The Kier molecular flexibility index (Phi) is 3.74. The first-order chi connectivity index (χ1) is 9.78. The number of hydrogen-bond acceptors (Lipinski definition) is 4. The van der Waals surface area contributed by atoms with Gasteiger partial charge in [0.15, 0.2) is 0 Å². The van der Waals surface area contributed by atoms with Crippen molar-refractivity contribution in [2.45, 2.75) is 18.9 Å². The molecule has 1 aliphatic heterocycles. The van der Waals surface area contributed by atoms with E-state index in [4.69, 9.17) is 4.74 Å². The number of likely N-dealkylation sites (tertiary alicyclic amines) is 1. The minimum absolute atomic E-state index is 0.272. The van der Waals surface area contributed by atoms with E-state index in [-0.39, 0.29) is 6.10 Å². The number of benzene rings is 1. The molecule has 0 radical (unpaired) electrons. The number of ether oxygens (including phenoxy) is 1. The lowest BCUT2D eigenvalue weighted by Crippen LogP contribution is -2.35. The minimum atomic E-state index is 0.272. The maximum Gasteiger partial charge on any atom is 0.223 e. The molecule has 1 aromatic heterocycles. The fourth-order valence-electron chi connectivity index (χ4n) is 2.76. The highest BCUT2D eigenvalue weighted by Crippen LogP contribution is 2.31. The summed E-state index contributed by atoms with van der Waals surface area (Å²) in [5.41, 5.74) is 1.07. The first kappa shape index (κ1) is 13.2. The second-order valence-corrected chi connectivity index (χ2v) is 5.39. The summed E-state index contributed by atoms with van der Waals surface area (Å²) >= 11 is 0. The largest absolute Gasteiger partial charge is 0.474 e. The van der Waals surface area contributed by atoms with Crippen LogP contribution in [-0.4, -0.2) is 43.2 Å². The maximum atomic E-state index is 6.18. The molecule has 0 unspecified atom stereocenters. The van der Waals surface area contributed by atoms with Gasteiger partial charge in [-0.1, -0.05) is 12.1 Å². The average Bonchev–Trinajstić information content (AvgIpc) is 2.49. The number of nitrogens with one attached hydrogen (secondary N) is 1. The zero-order chi connectivity index (χ0) is 13.9. The van der Waals surface area contributed by atoms with Crippen molar-refractivity contribution in [2.75, 3.05) is 32.5 Å². The summed E-state index contributed by atoms with van der Waals surface area (Å²) in [7, 11) is 4.09. The van der Waals surface area contributed by atoms with Crippen LogP contribution in [0.25, 0.3) is 10.8 Å². The lowest BCUT2D eigenvalue weighted by Gasteiger charge is -2.29. The maximum absolute atomic E-state index is 6.18. The van der Waals surface area contributed by atoms with Crippen LogP contribution in [0.1, 0.15) is 12.8 Å². The highest BCUT2D eigenvalue weighted by atomic mass is 16.5. The summed E-state index contributed by atoms with van der Waals surface area (Å²) in [6.07, 6.45) is 4.23. The molecule has 20 heavy (non-hydrogen) atoms. The molecule has 0 bridgehead atoms. The molecular weight excluding hydrogens is 250 g/mol. The van der Waals surface area contributed by atoms with Crippen LogP contribution in [0.3, 0.4) is 0 Å². The molecule has 2 aromatic rings. The van der Waals surface area contributed by atoms with Crippen molar-refractivity contribution >= 4 is 16.5 Å². The van der Waals surface area contributed by atoms with Gasteiger partial charge in [0, 0.05) is 32.0 Å². The minimum Gasteiger partial charge on any atom is -0.474 e. The van der Waals surface area contributed by atoms with Crippen LogP contribution in [0.15, 0.2) is 30.5 Å². The third-order valence-electron chi connectivity index (χ3n) is 3.97. The lowest BCUT2D eigenvalue weighted by molar-refractivity contribution is 0.111. The Balaban J connectivity index is 1.91. The monoisotopic (exact) mass is 271 g/mol. The van der Waals surface area contributed by atoms with E-state index in [1.165, 1.54) is 0 Å². The van der Waals surface area contributed by atoms with Crippen molar-refractivity contribution in [1.82, 2.24) is 9.88 Å². The van der Waals surface area contributed by atoms with Gasteiger partial charge in [0.05, 0.1) is 5.39 Å². The van der Waals surface area contributed by atoms with Crippen LogP contribution in [0.4, 0.5) is 5.69 Å². The number of aromatic nitrogens is 1. The molecule has 1 saturated heterocycles. The number of fused-ring (bicyclic) bond motifs is 1. The summed E-state index contributed by atoms with van der Waals surface area (Å²) in [4.78, 5) is 6.80. The summed E-state index contributed by atoms with van der Waals surface area (Å²) in [5, 5.41) is 5.47. The first-order valence-corrected chi connectivity index (χ1v) is 7.18. The number of rotatable bonds is 3. The third kappa shape index (κ3) is 2.56. The Morgan fingerprint density at radius 2 is 2.05 bits per heavy atom. The number of piperidine rings is 1. The summed E-state index contributed by atoms with van der Waals surface area (Å²) in [6.45, 7) is 2.18. The molecule has 0 aliphatic carbocycles. The van der Waals surface area contributed by atoms with Gasteiger partial charge in [-0.15, -0.1) is 0 Å². The van der Waals surface area contributed by atoms with Gasteiger partial charge in [-0.25, -0.2) is 4.98 Å². The molecule has 1 aliphatic rings. The molecule has 0 saturated carbocycles. The van der Waals surface area contributed by atoms with Crippen LogP contribution in [0.5, 0.6) is 5.88 Å². The van der Waals surface area contributed by atoms with Gasteiger partial charge < -0.3 is 15.0 Å². The highest BCUT2D eigenvalue weighted by Gasteiger charge is 2.20. The van der Waals surface area contributed by atoms with Gasteiger partial charge in [0.25, 0.3) is 0 Å². The van der Waals surface area contributed by atoms with Crippen molar-refractivity contribution < 1.29 is 4.74 Å². The predicted molar refractivity (Wildman–Crippen MR) is 82.4 cm³/mol. The quantitative estimate of drug-likeness (QED) is 0.931. The molecule has 1 N–H and O–H groups in total. The van der Waals surface area contributed by atoms with E-state index in [0.717, 1.165) is 48.3 Å². The zero-order valence-corrected chi connectivity index (χ0v) is 12.1. The normalized spacial score (nSPS) is 17.3. The fraction of sp³-hybridized carbons (Fsp3) is 0.438. The molecule has 0 spiro atoms. The van der Waals surface area contributed by atoms with Gasteiger partial charge in [0.2, 0.25) is 5.88 Å². The molecule has 4 heteroatoms. The standard InChI is InChI=1S/C16H21N3O/c1-17-14-5-3-4-12-6-9-18-16(15(12)14)20-13-7-10-19(2)11-8-13/h3-6,9,13,17H,7-8,10-11H2,1-2H3. The van der Waals surface area contributed by atoms with Crippen molar-refractivity contribution in [1.29, 1.82) is 0 Å². The second kappa shape index (κ2) is 5.67. The molecule has 4 nitrogen and oxygen atoms in total. The van der Waals surface area contributed by atoms with E-state index in [9.17, 15) is 0 Å². The Bertz CT molecular complexity index is 586. The van der Waals surface area contributed by atoms with Crippen molar-refractivity contribution in [3.63, 3.8) is 0 Å². The topological polar surface area (TPSA) is 37.4 Å². The number of hydrogen-bond donors (Lipinski definition) is 1. The van der Waals surface area contributed by atoms with Gasteiger partial charge in [-0.2, -0.15) is 0 Å². The van der Waals surface area contributed by atoms with Crippen LogP contribution in [0.2, 0.25) is 0 Å². The fourth-order valence-corrected chi connectivity index (χ4v) is 2.76. The van der Waals surface area contributed by atoms with E-state index in [1.54, 1.807) is 0 Å². The molecule has 0 amide bonds. The Hall–Kier alpha value is -1.81. The lowest BCUT2D eigenvalue weighted by atomic mass is 10.1. The van der Waals surface area contributed by atoms with Crippen LogP contribution in [0, 0.1) is 0 Å². The van der Waals surface area contributed by atoms with Crippen molar-refractivity contribution in [3.05, 3.63) is 30.5 Å². The number of nitrogens with zero attached hydrogens (tertiary/aromatic N) is 2. The van der Waals surface area contributed by atoms with E-state index in [0.29, 0.717) is 0 Å². The van der Waals surface area contributed by atoms with Gasteiger partial charge >= 0.3 is 0 Å². The third-order valence-corrected chi connectivity index (χ3v) is 3.97. The van der Waals surface area contributed by atoms with E-state index in [1.807, 2.05) is 25.4 Å². The van der Waals surface area contributed by atoms with E-state index in [2.05, 4.69) is 34.4 Å². The Morgan fingerprint density at radius 3 is 2.80 bits per heavy atom. The SMILES string of the molecule is CNc1cccc2ccnc(OC3CCN(C)CC3)c12. The number of anilines is 1. The zero-order valence-electron chi connectivity index (χ0n) is 12.1. The predicted octanol–water partition coefficient (Wildman–Crippen LogP) is 2.75. The summed E-state index contributed by atoms with van der Waals surface area (Å²) < 4.78 is 6.18. The highest BCUT2D eigenvalue weighted by molar-refractivity contribution is 5.97. The molecule has 0 atom stereocenters. The van der Waals surface area contributed by atoms with E-state index < -0.39 is 0 Å². The van der Waals surface area contributed by atoms with Gasteiger partial charge in [0.1, 0.15) is 6.10 Å². The van der Waals surface area contributed by atoms with Crippen molar-refractivity contribution in [2.24, 2.45) is 0 Å². The first-order valence-electron chi connectivity index (χ1n) is 7.18. The van der Waals surface area contributed by atoms with E-state index >= 15 is 0 Å². The molecule has 2 heterocycles. The molecule has 106 valence electrons. The molecule has 1 fully saturated rings. The summed E-state index contributed by atoms with van der Waals surface area (Å²) in [5.74, 6) is 0.752. The van der Waals surface area contributed by atoms with Crippen molar-refractivity contribution in [3.8, 4) is 5.88 Å². The van der Waals surface area contributed by atoms with Gasteiger partial charge in [-0.05, 0) is 37.4 Å². The average molecular weight is 271 g/mol. The Morgan fingerprint density at radius 1 is 1.25 bits per heavy atom. The number of pyridine rings is 1. The molecule has 3 rings (SSSR count). The van der Waals surface area contributed by atoms with Crippen LogP contribution < -0.4 is 10.1 Å². The Labute approximate surface area is 119 Å². The smallest absolute Gasteiger partial charge is 0.223 e.